The summed E-state index contributed by atoms with van der Waals surface area (Å²) in [6, 6.07) is 12.3. The Bertz CT molecular complexity index is 892. The SMILES string of the molecule is CN(C)C(=O)C(c1ccccc1)N1CCN(S(=O)(=O)c2ccc(Cl)s2)CC1. The van der Waals surface area contributed by atoms with Crippen LogP contribution in [0.3, 0.4) is 0 Å². The second-order valence-electron chi connectivity index (χ2n) is 6.54. The standard InChI is InChI=1S/C18H22ClN3O3S2/c1-20(2)18(23)17(14-6-4-3-5-7-14)21-10-12-22(13-11-21)27(24,25)16-9-8-15(19)26-16/h3-9,17H,10-13H2,1-2H3. The summed E-state index contributed by atoms with van der Waals surface area (Å²) in [5, 5.41) is 0. The van der Waals surface area contributed by atoms with Crippen molar-refractivity contribution >= 4 is 38.9 Å². The summed E-state index contributed by atoms with van der Waals surface area (Å²) < 4.78 is 27.7. The number of amides is 1. The largest absolute Gasteiger partial charge is 0.347 e. The van der Waals surface area contributed by atoms with Gasteiger partial charge in [0, 0.05) is 40.3 Å². The van der Waals surface area contributed by atoms with E-state index in [0.717, 1.165) is 16.9 Å². The number of halogens is 1. The number of likely N-dealkylation sites (N-methyl/N-ethyl adjacent to an activating group) is 1. The number of thiophene rings is 1. The molecule has 2 heterocycles. The normalized spacial score (nSPS) is 17.6. The van der Waals surface area contributed by atoms with E-state index in [1.54, 1.807) is 25.1 Å². The van der Waals surface area contributed by atoms with Gasteiger partial charge in [-0.15, -0.1) is 11.3 Å². The maximum atomic E-state index is 12.8. The Labute approximate surface area is 169 Å². The van der Waals surface area contributed by atoms with Gasteiger partial charge in [0.1, 0.15) is 10.3 Å². The molecule has 1 aromatic heterocycles. The van der Waals surface area contributed by atoms with E-state index >= 15 is 0 Å². The lowest BCUT2D eigenvalue weighted by molar-refractivity contribution is -0.135. The van der Waals surface area contributed by atoms with Crippen LogP contribution >= 0.6 is 22.9 Å². The molecule has 9 heteroatoms. The van der Waals surface area contributed by atoms with E-state index in [-0.39, 0.29) is 10.1 Å². The molecule has 27 heavy (non-hydrogen) atoms. The Hall–Kier alpha value is -1.45. The van der Waals surface area contributed by atoms with Gasteiger partial charge in [0.2, 0.25) is 5.91 Å². The number of benzene rings is 1. The van der Waals surface area contributed by atoms with Crippen LogP contribution in [-0.4, -0.2) is 68.7 Å². The molecule has 1 amide bonds. The van der Waals surface area contributed by atoms with E-state index in [1.165, 1.54) is 10.4 Å². The molecule has 1 unspecified atom stereocenters. The van der Waals surface area contributed by atoms with Crippen molar-refractivity contribution in [3.8, 4) is 0 Å². The predicted octanol–water partition coefficient (Wildman–Crippen LogP) is 2.54. The zero-order valence-corrected chi connectivity index (χ0v) is 17.6. The minimum atomic E-state index is -3.55. The first kappa shape index (κ1) is 20.3. The molecule has 3 rings (SSSR count). The maximum Gasteiger partial charge on any atom is 0.252 e. The van der Waals surface area contributed by atoms with E-state index in [4.69, 9.17) is 11.6 Å². The molecule has 0 spiro atoms. The van der Waals surface area contributed by atoms with Crippen LogP contribution in [0.4, 0.5) is 0 Å². The molecule has 0 N–H and O–H groups in total. The molecular weight excluding hydrogens is 406 g/mol. The fourth-order valence-corrected chi connectivity index (χ4v) is 6.21. The van der Waals surface area contributed by atoms with E-state index in [9.17, 15) is 13.2 Å². The zero-order valence-electron chi connectivity index (χ0n) is 15.2. The Morgan fingerprint density at radius 1 is 1.07 bits per heavy atom. The molecule has 0 aliphatic carbocycles. The number of hydrogen-bond donors (Lipinski definition) is 0. The van der Waals surface area contributed by atoms with Crippen molar-refractivity contribution in [3.05, 3.63) is 52.4 Å². The molecule has 2 aromatic rings. The topological polar surface area (TPSA) is 60.9 Å². The van der Waals surface area contributed by atoms with Crippen LogP contribution in [0, 0.1) is 0 Å². The number of hydrogen-bond acceptors (Lipinski definition) is 5. The minimum Gasteiger partial charge on any atom is -0.347 e. The monoisotopic (exact) mass is 427 g/mol. The number of carbonyl (C=O) groups excluding carboxylic acids is 1. The van der Waals surface area contributed by atoms with Crippen LogP contribution in [0.25, 0.3) is 0 Å². The van der Waals surface area contributed by atoms with Gasteiger partial charge in [-0.3, -0.25) is 9.69 Å². The maximum absolute atomic E-state index is 12.8. The lowest BCUT2D eigenvalue weighted by Crippen LogP contribution is -2.52. The van der Waals surface area contributed by atoms with Gasteiger partial charge in [0.05, 0.1) is 4.34 Å². The van der Waals surface area contributed by atoms with Crippen molar-refractivity contribution in [2.45, 2.75) is 10.3 Å². The molecule has 146 valence electrons. The second-order valence-corrected chi connectivity index (χ2v) is 10.4. The van der Waals surface area contributed by atoms with Crippen molar-refractivity contribution in [3.63, 3.8) is 0 Å². The van der Waals surface area contributed by atoms with Crippen molar-refractivity contribution in [1.82, 2.24) is 14.1 Å². The van der Waals surface area contributed by atoms with Gasteiger partial charge in [-0.25, -0.2) is 8.42 Å². The van der Waals surface area contributed by atoms with Crippen LogP contribution in [0.15, 0.2) is 46.7 Å². The van der Waals surface area contributed by atoms with Crippen LogP contribution in [0.5, 0.6) is 0 Å². The van der Waals surface area contributed by atoms with Gasteiger partial charge in [0.15, 0.2) is 0 Å². The molecular formula is C18H22ClN3O3S2. The Kier molecular flexibility index (Phi) is 6.22. The van der Waals surface area contributed by atoms with Crippen LogP contribution in [0.2, 0.25) is 4.34 Å². The lowest BCUT2D eigenvalue weighted by atomic mass is 10.0. The highest BCUT2D eigenvalue weighted by Gasteiger charge is 2.35. The summed E-state index contributed by atoms with van der Waals surface area (Å²) in [5.41, 5.74) is 0.914. The highest BCUT2D eigenvalue weighted by Crippen LogP contribution is 2.30. The molecule has 0 radical (unpaired) electrons. The smallest absolute Gasteiger partial charge is 0.252 e. The molecule has 1 saturated heterocycles. The summed E-state index contributed by atoms with van der Waals surface area (Å²) in [7, 11) is -0.0749. The minimum absolute atomic E-state index is 0.0115. The van der Waals surface area contributed by atoms with E-state index in [2.05, 4.69) is 0 Å². The molecule has 0 bridgehead atoms. The van der Waals surface area contributed by atoms with Gasteiger partial charge in [0.25, 0.3) is 10.0 Å². The van der Waals surface area contributed by atoms with Gasteiger partial charge in [-0.1, -0.05) is 41.9 Å². The third-order valence-electron chi connectivity index (χ3n) is 4.57. The molecule has 1 fully saturated rings. The number of carbonyl (C=O) groups is 1. The summed E-state index contributed by atoms with van der Waals surface area (Å²) in [5.74, 6) is -0.0115. The first-order valence-corrected chi connectivity index (χ1v) is 11.2. The fourth-order valence-electron chi connectivity index (χ4n) is 3.16. The van der Waals surface area contributed by atoms with Crippen molar-refractivity contribution < 1.29 is 13.2 Å². The van der Waals surface area contributed by atoms with Crippen LogP contribution in [-0.2, 0) is 14.8 Å². The summed E-state index contributed by atoms with van der Waals surface area (Å²) in [6.45, 7) is 1.64. The Morgan fingerprint density at radius 2 is 1.70 bits per heavy atom. The summed E-state index contributed by atoms with van der Waals surface area (Å²) in [4.78, 5) is 16.4. The number of rotatable bonds is 5. The van der Waals surface area contributed by atoms with Crippen LogP contribution in [0.1, 0.15) is 11.6 Å². The van der Waals surface area contributed by atoms with Gasteiger partial charge < -0.3 is 4.90 Å². The predicted molar refractivity (Wildman–Crippen MR) is 108 cm³/mol. The Balaban J connectivity index is 1.77. The van der Waals surface area contributed by atoms with Gasteiger partial charge in [-0.2, -0.15) is 4.31 Å². The number of piperazine rings is 1. The molecule has 1 aliphatic heterocycles. The highest BCUT2D eigenvalue weighted by molar-refractivity contribution is 7.91. The van der Waals surface area contributed by atoms with E-state index in [0.29, 0.717) is 30.5 Å². The number of nitrogens with zero attached hydrogens (tertiary/aromatic N) is 3. The third kappa shape index (κ3) is 4.35. The van der Waals surface area contributed by atoms with Gasteiger partial charge in [-0.05, 0) is 17.7 Å². The molecule has 6 nitrogen and oxygen atoms in total. The van der Waals surface area contributed by atoms with Crippen molar-refractivity contribution in [1.29, 1.82) is 0 Å². The van der Waals surface area contributed by atoms with Crippen molar-refractivity contribution in [2.24, 2.45) is 0 Å². The Morgan fingerprint density at radius 3 is 2.22 bits per heavy atom. The lowest BCUT2D eigenvalue weighted by Gasteiger charge is -2.38. The molecule has 1 aliphatic rings. The molecule has 1 aromatic carbocycles. The van der Waals surface area contributed by atoms with Crippen molar-refractivity contribution in [2.75, 3.05) is 40.3 Å². The van der Waals surface area contributed by atoms with Gasteiger partial charge >= 0.3 is 0 Å². The first-order chi connectivity index (χ1) is 12.8. The number of sulfonamides is 1. The molecule has 1 atom stereocenters. The highest BCUT2D eigenvalue weighted by atomic mass is 35.5. The first-order valence-electron chi connectivity index (χ1n) is 8.56. The molecule has 0 saturated carbocycles. The second kappa shape index (κ2) is 8.28. The quantitative estimate of drug-likeness (QED) is 0.735. The van der Waals surface area contributed by atoms with Crippen LogP contribution < -0.4 is 0 Å². The summed E-state index contributed by atoms with van der Waals surface area (Å²) >= 11 is 6.95. The fraction of sp³-hybridized carbons (Fsp3) is 0.389. The average Bonchev–Trinajstić information content (AvgIpc) is 3.10. The van der Waals surface area contributed by atoms with E-state index < -0.39 is 16.1 Å². The zero-order chi connectivity index (χ0) is 19.6. The third-order valence-corrected chi connectivity index (χ3v) is 8.17. The average molecular weight is 428 g/mol. The van der Waals surface area contributed by atoms with E-state index in [1.807, 2.05) is 35.2 Å². The summed E-state index contributed by atoms with van der Waals surface area (Å²) in [6.07, 6.45) is 0.